The van der Waals surface area contributed by atoms with E-state index in [0.29, 0.717) is 28.2 Å². The number of hydrogen-bond acceptors (Lipinski definition) is 7. The minimum atomic E-state index is -0.430. The predicted molar refractivity (Wildman–Crippen MR) is 103 cm³/mol. The second-order valence-electron chi connectivity index (χ2n) is 6.10. The third-order valence-corrected chi connectivity index (χ3v) is 4.10. The molecule has 0 amide bonds. The van der Waals surface area contributed by atoms with E-state index in [1.54, 1.807) is 19.2 Å². The summed E-state index contributed by atoms with van der Waals surface area (Å²) in [6.45, 7) is 5.31. The lowest BCUT2D eigenvalue weighted by molar-refractivity contribution is -0.132. The molecule has 140 valence electrons. The van der Waals surface area contributed by atoms with Gasteiger partial charge in [0.1, 0.15) is 17.9 Å². The molecule has 7 nitrogen and oxygen atoms in total. The number of methoxy groups -OCH3 is 2. The maximum Gasteiger partial charge on any atom is 0.308 e. The maximum absolute atomic E-state index is 11.4. The summed E-state index contributed by atoms with van der Waals surface area (Å²) < 4.78 is 16.0. The number of anilines is 2. The molecular weight excluding hydrogens is 346 g/mol. The zero-order valence-electron chi connectivity index (χ0n) is 15.9. The predicted octanol–water partition coefficient (Wildman–Crippen LogP) is 3.93. The monoisotopic (exact) mass is 367 g/mol. The van der Waals surface area contributed by atoms with Gasteiger partial charge in [0.05, 0.1) is 19.7 Å². The highest BCUT2D eigenvalue weighted by Gasteiger charge is 2.14. The first-order chi connectivity index (χ1) is 12.9. The molecule has 7 heteroatoms. The fourth-order valence-corrected chi connectivity index (χ4v) is 3.04. The summed E-state index contributed by atoms with van der Waals surface area (Å²) in [6.07, 6.45) is 1.47. The van der Waals surface area contributed by atoms with Crippen LogP contribution in [0.2, 0.25) is 0 Å². The number of nitrogens with one attached hydrogen (secondary N) is 1. The summed E-state index contributed by atoms with van der Waals surface area (Å²) >= 11 is 0. The molecule has 0 atom stereocenters. The molecule has 0 bridgehead atoms. The molecule has 0 aliphatic rings. The van der Waals surface area contributed by atoms with Crippen LogP contribution in [0.15, 0.2) is 30.6 Å². The van der Waals surface area contributed by atoms with Gasteiger partial charge in [0.15, 0.2) is 11.5 Å². The van der Waals surface area contributed by atoms with Gasteiger partial charge in [-0.3, -0.25) is 4.79 Å². The number of aryl methyl sites for hydroxylation is 2. The summed E-state index contributed by atoms with van der Waals surface area (Å²) in [6, 6.07) is 7.37. The summed E-state index contributed by atoms with van der Waals surface area (Å²) in [4.78, 5) is 20.0. The standard InChI is InChI=1S/C20H21N3O4/c1-11-6-14(7-12(2)19(11)26-5)23-20-15-8-18(27-13(3)24)17(25-4)9-16(15)21-10-22-20/h6-10H,1-5H3,(H,21,22,23). The Bertz CT molecular complexity index is 995. The van der Waals surface area contributed by atoms with Crippen molar-refractivity contribution >= 4 is 28.4 Å². The van der Waals surface area contributed by atoms with E-state index in [9.17, 15) is 4.79 Å². The van der Waals surface area contributed by atoms with Gasteiger partial charge < -0.3 is 19.5 Å². The molecule has 3 rings (SSSR count). The smallest absolute Gasteiger partial charge is 0.308 e. The highest BCUT2D eigenvalue weighted by molar-refractivity contribution is 5.93. The lowest BCUT2D eigenvalue weighted by atomic mass is 10.1. The molecule has 0 spiro atoms. The molecule has 0 unspecified atom stereocenters. The number of benzene rings is 2. The Morgan fingerprint density at radius 3 is 2.26 bits per heavy atom. The van der Waals surface area contributed by atoms with E-state index in [0.717, 1.165) is 22.6 Å². The highest BCUT2D eigenvalue weighted by atomic mass is 16.6. The first kappa shape index (κ1) is 18.4. The molecule has 2 aromatic carbocycles. The largest absolute Gasteiger partial charge is 0.496 e. The van der Waals surface area contributed by atoms with E-state index in [2.05, 4.69) is 15.3 Å². The maximum atomic E-state index is 11.4. The number of ether oxygens (including phenoxy) is 3. The number of carbonyl (C=O) groups is 1. The molecule has 0 radical (unpaired) electrons. The van der Waals surface area contributed by atoms with Gasteiger partial charge in [0.25, 0.3) is 0 Å². The van der Waals surface area contributed by atoms with Crippen molar-refractivity contribution in [1.29, 1.82) is 0 Å². The van der Waals surface area contributed by atoms with Crippen LogP contribution in [0.1, 0.15) is 18.1 Å². The Kier molecular flexibility index (Phi) is 5.12. The molecule has 1 aromatic heterocycles. The first-order valence-electron chi connectivity index (χ1n) is 8.36. The lowest BCUT2D eigenvalue weighted by Gasteiger charge is -2.14. The number of fused-ring (bicyclic) bond motifs is 1. The van der Waals surface area contributed by atoms with E-state index < -0.39 is 5.97 Å². The van der Waals surface area contributed by atoms with E-state index in [-0.39, 0.29) is 0 Å². The molecule has 0 saturated carbocycles. The van der Waals surface area contributed by atoms with Crippen molar-refractivity contribution in [3.8, 4) is 17.2 Å². The Hall–Kier alpha value is -3.35. The van der Waals surface area contributed by atoms with Gasteiger partial charge in [-0.25, -0.2) is 9.97 Å². The van der Waals surface area contributed by atoms with Gasteiger partial charge >= 0.3 is 5.97 Å². The third kappa shape index (κ3) is 3.76. The molecule has 1 heterocycles. The van der Waals surface area contributed by atoms with E-state index >= 15 is 0 Å². The lowest BCUT2D eigenvalue weighted by Crippen LogP contribution is -2.04. The summed E-state index contributed by atoms with van der Waals surface area (Å²) in [7, 11) is 3.17. The summed E-state index contributed by atoms with van der Waals surface area (Å²) in [5, 5.41) is 4.02. The van der Waals surface area contributed by atoms with Crippen molar-refractivity contribution in [2.75, 3.05) is 19.5 Å². The second kappa shape index (κ2) is 7.49. The van der Waals surface area contributed by atoms with Crippen molar-refractivity contribution in [2.45, 2.75) is 20.8 Å². The molecular formula is C20H21N3O4. The van der Waals surface area contributed by atoms with Crippen LogP contribution in [0.25, 0.3) is 10.9 Å². The Labute approximate surface area is 157 Å². The molecule has 0 aliphatic heterocycles. The number of carbonyl (C=O) groups excluding carboxylic acids is 1. The minimum absolute atomic E-state index is 0.317. The van der Waals surface area contributed by atoms with Crippen LogP contribution in [-0.4, -0.2) is 30.2 Å². The molecule has 0 saturated heterocycles. The van der Waals surface area contributed by atoms with Crippen molar-refractivity contribution in [1.82, 2.24) is 9.97 Å². The number of nitrogens with zero attached hydrogens (tertiary/aromatic N) is 2. The van der Waals surface area contributed by atoms with Crippen LogP contribution in [0.5, 0.6) is 17.2 Å². The van der Waals surface area contributed by atoms with Crippen LogP contribution in [0.4, 0.5) is 11.5 Å². The van der Waals surface area contributed by atoms with Gasteiger partial charge in [-0.2, -0.15) is 0 Å². The Morgan fingerprint density at radius 2 is 1.67 bits per heavy atom. The number of aromatic nitrogens is 2. The van der Waals surface area contributed by atoms with Gasteiger partial charge in [-0.15, -0.1) is 0 Å². The molecule has 27 heavy (non-hydrogen) atoms. The Morgan fingerprint density at radius 1 is 0.963 bits per heavy atom. The fraction of sp³-hybridized carbons (Fsp3) is 0.250. The fourth-order valence-electron chi connectivity index (χ4n) is 3.04. The average Bonchev–Trinajstić information content (AvgIpc) is 2.61. The SMILES string of the molecule is COc1cc2ncnc(Nc3cc(C)c(OC)c(C)c3)c2cc1OC(C)=O. The highest BCUT2D eigenvalue weighted by Crippen LogP contribution is 2.35. The number of hydrogen-bond donors (Lipinski definition) is 1. The zero-order valence-corrected chi connectivity index (χ0v) is 15.9. The van der Waals surface area contributed by atoms with Gasteiger partial charge in [0, 0.05) is 24.1 Å². The van der Waals surface area contributed by atoms with Crippen molar-refractivity contribution in [2.24, 2.45) is 0 Å². The van der Waals surface area contributed by atoms with Gasteiger partial charge in [-0.05, 0) is 43.2 Å². The van der Waals surface area contributed by atoms with E-state index in [1.165, 1.54) is 20.4 Å². The average molecular weight is 367 g/mol. The van der Waals surface area contributed by atoms with Crippen molar-refractivity contribution < 1.29 is 19.0 Å². The molecule has 0 fully saturated rings. The van der Waals surface area contributed by atoms with E-state index in [1.807, 2.05) is 26.0 Å². The zero-order chi connectivity index (χ0) is 19.6. The number of rotatable bonds is 5. The van der Waals surface area contributed by atoms with E-state index in [4.69, 9.17) is 14.2 Å². The van der Waals surface area contributed by atoms with Crippen LogP contribution in [0.3, 0.4) is 0 Å². The number of esters is 1. The topological polar surface area (TPSA) is 82.6 Å². The second-order valence-corrected chi connectivity index (χ2v) is 6.10. The normalized spacial score (nSPS) is 10.6. The Balaban J connectivity index is 2.08. The van der Waals surface area contributed by atoms with Crippen LogP contribution in [-0.2, 0) is 4.79 Å². The van der Waals surface area contributed by atoms with Crippen molar-refractivity contribution in [3.63, 3.8) is 0 Å². The molecule has 3 aromatic rings. The van der Waals surface area contributed by atoms with Crippen LogP contribution < -0.4 is 19.5 Å². The quantitative estimate of drug-likeness (QED) is 0.540. The summed E-state index contributed by atoms with van der Waals surface area (Å²) in [5.41, 5.74) is 3.57. The van der Waals surface area contributed by atoms with Crippen molar-refractivity contribution in [3.05, 3.63) is 41.7 Å². The summed E-state index contributed by atoms with van der Waals surface area (Å²) in [5.74, 6) is 1.77. The molecule has 1 N–H and O–H groups in total. The van der Waals surface area contributed by atoms with Crippen LogP contribution in [0, 0.1) is 13.8 Å². The van der Waals surface area contributed by atoms with Gasteiger partial charge in [-0.1, -0.05) is 0 Å². The van der Waals surface area contributed by atoms with Crippen LogP contribution >= 0.6 is 0 Å². The third-order valence-electron chi connectivity index (χ3n) is 4.10. The molecule has 0 aliphatic carbocycles. The minimum Gasteiger partial charge on any atom is -0.496 e. The first-order valence-corrected chi connectivity index (χ1v) is 8.36. The van der Waals surface area contributed by atoms with Gasteiger partial charge in [0.2, 0.25) is 0 Å².